The Morgan fingerprint density at radius 1 is 0.242 bits per heavy atom. The highest BCUT2D eigenvalue weighted by atomic mass is 32.1. The van der Waals surface area contributed by atoms with Crippen LogP contribution in [0, 0.1) is 53.3 Å². The van der Waals surface area contributed by atoms with Crippen LogP contribution in [0.2, 0.25) is 0 Å². The van der Waals surface area contributed by atoms with Crippen molar-refractivity contribution in [2.24, 2.45) is 53.3 Å². The quantitative estimate of drug-likeness (QED) is 0.101. The van der Waals surface area contributed by atoms with Crippen LogP contribution in [-0.2, 0) is 21.7 Å². The lowest BCUT2D eigenvalue weighted by molar-refractivity contribution is -0.00530. The maximum absolute atomic E-state index is 2.57. The van der Waals surface area contributed by atoms with Gasteiger partial charge in [-0.15, -0.1) is 22.7 Å². The van der Waals surface area contributed by atoms with Gasteiger partial charge in [0.05, 0.1) is 5.69 Å². The largest absolute Gasteiger partial charge is 0.310 e. The molecule has 14 aromatic rings. The fourth-order valence-electron chi connectivity index (χ4n) is 31.2. The molecule has 0 spiro atoms. The van der Waals surface area contributed by atoms with E-state index in [1.807, 2.05) is 22.7 Å². The van der Waals surface area contributed by atoms with Gasteiger partial charge in [0.1, 0.15) is 0 Å². The number of para-hydroxylation sites is 1. The maximum Gasteiger partial charge on any atom is 0.0554 e. The number of anilines is 9. The molecule has 128 heavy (non-hydrogen) atoms. The Balaban J connectivity index is 0.000000104. The van der Waals surface area contributed by atoms with Gasteiger partial charge in [0.25, 0.3) is 0 Å². The van der Waals surface area contributed by atoms with E-state index in [2.05, 4.69) is 302 Å². The van der Waals surface area contributed by atoms with Gasteiger partial charge in [-0.3, -0.25) is 0 Å². The number of nitrogens with zero attached hydrogens (tertiary/aromatic N) is 3. The molecule has 0 N–H and O–H groups in total. The Morgan fingerprint density at radius 2 is 0.562 bits per heavy atom. The standard InChI is InChI=1S/C43H47N.2C40H41NS/c1-42(2)40-24-33(32-9-5-3-6-10-32)13-19-38(40)39-20-18-37(25-41(39)42)44(35-11-7-4-8-12-35)36-16-14-34(15-17-36)43-26-29-21-30(27-43)23-31(22-29)28-43;1-2-7-30(8-3-1)31-13-17-33(18-14-31)41(36-10-6-12-38-39(36)35-9-4-5-11-37(35)42-38)34-19-15-32(16-20-34)40-24-27-21-28(25-40)23-29(22-27)26-40;1-2-6-30(7-3-1)31-10-14-33(15-11-31)41(35-18-19-39-37(23-35)36-8-4-5-9-38(36)42-39)34-16-12-32(13-17-34)40-24-27-20-28(25-40)22-29(21-27)26-40/h4,7-8,11-20,24-25,29-32H,3,5-6,9-10,21-23,26-28H2,1-2H3;4-6,9-20,27-30H,1-3,7-8,21-26H2;4-5,8-19,23,27-30H,1-3,6-7,20-22,24-26H2. The molecule has 5 heteroatoms. The summed E-state index contributed by atoms with van der Waals surface area (Å²) in [6.45, 7) is 4.89. The first-order chi connectivity index (χ1) is 62.9. The zero-order valence-electron chi connectivity index (χ0n) is 75.9. The van der Waals surface area contributed by atoms with Crippen LogP contribution >= 0.6 is 22.7 Å². The van der Waals surface area contributed by atoms with Crippen LogP contribution in [0.25, 0.3) is 51.5 Å². The second-order valence-corrected chi connectivity index (χ2v) is 46.6. The molecule has 0 aliphatic heterocycles. The summed E-state index contributed by atoms with van der Waals surface area (Å²) in [7, 11) is 0. The van der Waals surface area contributed by atoms with E-state index < -0.39 is 0 Å². The van der Waals surface area contributed by atoms with Crippen LogP contribution in [0.3, 0.4) is 0 Å². The number of benzene rings is 12. The highest BCUT2D eigenvalue weighted by Crippen LogP contribution is 2.65. The molecule has 30 rings (SSSR count). The molecule has 12 aromatic carbocycles. The van der Waals surface area contributed by atoms with Gasteiger partial charge in [0.2, 0.25) is 0 Å². The average molecular weight is 1710 g/mol. The minimum absolute atomic E-state index is 0.0178. The number of fused-ring (bicyclic) bond motifs is 9. The van der Waals surface area contributed by atoms with Gasteiger partial charge in [-0.1, -0.05) is 217 Å². The number of hydrogen-bond donors (Lipinski definition) is 0. The fourth-order valence-corrected chi connectivity index (χ4v) is 33.4. The van der Waals surface area contributed by atoms with E-state index in [9.17, 15) is 0 Å². The number of hydrogen-bond acceptors (Lipinski definition) is 5. The molecule has 0 atom stereocenters. The highest BCUT2D eigenvalue weighted by Gasteiger charge is 2.55. The monoisotopic (exact) mass is 1710 g/mol. The minimum atomic E-state index is -0.0178. The molecule has 0 saturated heterocycles. The van der Waals surface area contributed by atoms with Crippen LogP contribution in [0.1, 0.15) is 288 Å². The van der Waals surface area contributed by atoms with Gasteiger partial charge in [-0.2, -0.15) is 0 Å². The van der Waals surface area contributed by atoms with Gasteiger partial charge in [-0.05, 0) is 424 Å². The number of rotatable bonds is 15. The van der Waals surface area contributed by atoms with Crippen molar-refractivity contribution in [3.8, 4) is 11.1 Å². The van der Waals surface area contributed by atoms with Crippen molar-refractivity contribution in [2.45, 2.75) is 265 Å². The Bertz CT molecular complexity index is 6290. The van der Waals surface area contributed by atoms with Gasteiger partial charge < -0.3 is 14.7 Å². The van der Waals surface area contributed by atoms with Gasteiger partial charge in [0.15, 0.2) is 0 Å². The fraction of sp³-hybridized carbons (Fsp3) is 0.415. The van der Waals surface area contributed by atoms with Crippen LogP contribution in [0.5, 0.6) is 0 Å². The van der Waals surface area contributed by atoms with Crippen molar-refractivity contribution >= 4 is 114 Å². The average Bonchev–Trinajstić information content (AvgIpc) is 0.840. The van der Waals surface area contributed by atoms with E-state index in [1.54, 1.807) is 22.3 Å². The van der Waals surface area contributed by atoms with Crippen LogP contribution in [0.4, 0.5) is 51.2 Å². The summed E-state index contributed by atoms with van der Waals surface area (Å²) in [4.78, 5) is 7.52. The Hall–Kier alpha value is -9.52. The molecule has 3 nitrogen and oxygen atoms in total. The molecule has 12 bridgehead atoms. The van der Waals surface area contributed by atoms with Gasteiger partial charge in [-0.25, -0.2) is 0 Å². The molecule has 16 aliphatic carbocycles. The summed E-state index contributed by atoms with van der Waals surface area (Å²) in [6, 6.07) is 106. The van der Waals surface area contributed by atoms with Gasteiger partial charge >= 0.3 is 0 Å². The molecule has 0 unspecified atom stereocenters. The van der Waals surface area contributed by atoms with Crippen LogP contribution in [-0.4, -0.2) is 0 Å². The first-order valence-electron chi connectivity index (χ1n) is 51.0. The third-order valence-electron chi connectivity index (χ3n) is 36.1. The summed E-state index contributed by atoms with van der Waals surface area (Å²) in [5.41, 5.74) is 27.9. The first-order valence-corrected chi connectivity index (χ1v) is 52.6. The predicted molar refractivity (Wildman–Crippen MR) is 544 cm³/mol. The normalized spacial score (nSPS) is 27.5. The minimum Gasteiger partial charge on any atom is -0.310 e. The Kier molecular flexibility index (Phi) is 20.6. The van der Waals surface area contributed by atoms with Crippen LogP contribution in [0.15, 0.2) is 273 Å². The molecular formula is C123H129N3S2. The number of thiophene rings is 2. The lowest BCUT2D eigenvalue weighted by atomic mass is 9.48. The molecule has 15 fully saturated rings. The molecule has 648 valence electrons. The molecule has 15 saturated carbocycles. The third kappa shape index (κ3) is 14.6. The van der Waals surface area contributed by atoms with Crippen molar-refractivity contribution in [2.75, 3.05) is 14.7 Å². The second kappa shape index (κ2) is 32.8. The van der Waals surface area contributed by atoms with Crippen molar-refractivity contribution in [3.05, 3.63) is 317 Å². The van der Waals surface area contributed by atoms with E-state index >= 15 is 0 Å². The second-order valence-electron chi connectivity index (χ2n) is 44.5. The lowest BCUT2D eigenvalue weighted by Gasteiger charge is -2.57. The van der Waals surface area contributed by atoms with Crippen LogP contribution < -0.4 is 14.7 Å². The topological polar surface area (TPSA) is 9.72 Å². The summed E-state index contributed by atoms with van der Waals surface area (Å²) in [6.07, 6.45) is 46.9. The molecule has 2 heterocycles. The SMILES string of the molecule is CC1(C)c2cc(C3CCCCC3)ccc2-c2ccc(N(c3ccccc3)c3ccc(C45CC6CC(CC(C6)C4)C5)cc3)cc21.c1ccc2c(c1)sc1ccc(N(c3ccc(C4CCCCC4)cc3)c3ccc(C45CC6CC(CC(C6)C4)C5)cc3)cc12.c1ccc2c(c1)sc1cccc(N(c3ccc(C4CCCCC4)cc3)c3ccc(C45CC6CC(CC(C6)C4)C5)cc3)c12. The van der Waals surface area contributed by atoms with E-state index in [-0.39, 0.29) is 5.41 Å². The van der Waals surface area contributed by atoms with E-state index in [4.69, 9.17) is 0 Å². The smallest absolute Gasteiger partial charge is 0.0554 e. The first kappa shape index (κ1) is 80.5. The summed E-state index contributed by atoms with van der Waals surface area (Å²) in [5.74, 6) is 10.9. The van der Waals surface area contributed by atoms with Crippen molar-refractivity contribution in [3.63, 3.8) is 0 Å². The molecular weight excluding hydrogens is 1580 g/mol. The van der Waals surface area contributed by atoms with Gasteiger partial charge in [0, 0.05) is 91.3 Å². The zero-order chi connectivity index (χ0) is 84.8. The molecule has 16 aliphatic rings. The van der Waals surface area contributed by atoms with E-state index in [0.717, 1.165) is 71.0 Å². The lowest BCUT2D eigenvalue weighted by Crippen LogP contribution is -2.48. The maximum atomic E-state index is 2.57. The zero-order valence-corrected chi connectivity index (χ0v) is 77.5. The third-order valence-corrected chi connectivity index (χ3v) is 38.3. The summed E-state index contributed by atoms with van der Waals surface area (Å²) in [5, 5.41) is 5.47. The highest BCUT2D eigenvalue weighted by molar-refractivity contribution is 7.26. The predicted octanol–water partition coefficient (Wildman–Crippen LogP) is 36.1. The van der Waals surface area contributed by atoms with Crippen molar-refractivity contribution in [1.82, 2.24) is 0 Å². The molecule has 0 radical (unpaired) electrons. The molecule has 0 amide bonds. The van der Waals surface area contributed by atoms with E-state index in [0.29, 0.717) is 16.2 Å². The Morgan fingerprint density at radius 3 is 1.02 bits per heavy atom. The van der Waals surface area contributed by atoms with Crippen molar-refractivity contribution in [1.29, 1.82) is 0 Å². The van der Waals surface area contributed by atoms with Crippen molar-refractivity contribution < 1.29 is 0 Å². The van der Waals surface area contributed by atoms with E-state index in [1.165, 1.54) is 337 Å². The molecule has 2 aromatic heterocycles. The summed E-state index contributed by atoms with van der Waals surface area (Å²) >= 11 is 3.81. The summed E-state index contributed by atoms with van der Waals surface area (Å²) < 4.78 is 5.46. The Labute approximate surface area is 770 Å².